The average molecular weight is 373 g/mol. The number of benzene rings is 1. The Kier molecular flexibility index (Phi) is 8.12. The highest BCUT2D eigenvalue weighted by Gasteiger charge is 2.30. The van der Waals surface area contributed by atoms with Crippen molar-refractivity contribution in [2.45, 2.75) is 18.6 Å². The summed E-state index contributed by atoms with van der Waals surface area (Å²) in [6, 6.07) is 11.1. The number of ether oxygens (including phenoxy) is 1. The Hall–Kier alpha value is -2.55. The first-order valence-corrected chi connectivity index (χ1v) is 8.88. The Morgan fingerprint density at radius 1 is 1.22 bits per heavy atom. The molecule has 3 rings (SSSR count). The molecule has 1 fully saturated rings. The number of carbonyl (C=O) groups excluding carboxylic acids is 1. The molecule has 0 spiro atoms. The van der Waals surface area contributed by atoms with E-state index in [1.807, 2.05) is 30.3 Å². The number of likely N-dealkylation sites (tertiary alicyclic amines) is 1. The van der Waals surface area contributed by atoms with E-state index >= 15 is 0 Å². The number of piperidine rings is 1. The van der Waals surface area contributed by atoms with E-state index in [-0.39, 0.29) is 23.5 Å². The quantitative estimate of drug-likeness (QED) is 0.735. The van der Waals surface area contributed by atoms with Crippen LogP contribution < -0.4 is 10.6 Å². The monoisotopic (exact) mass is 373 g/mol. The molecule has 2 atom stereocenters. The van der Waals surface area contributed by atoms with Crippen LogP contribution in [-0.2, 0) is 4.74 Å². The third kappa shape index (κ3) is 5.99. The minimum absolute atomic E-state index is 0. The third-order valence-electron chi connectivity index (χ3n) is 4.58. The molecule has 1 aromatic heterocycles. The molecule has 4 N–H and O–H groups in total. The van der Waals surface area contributed by atoms with E-state index in [1.54, 1.807) is 25.6 Å². The molecule has 0 bridgehead atoms. The van der Waals surface area contributed by atoms with Gasteiger partial charge in [0.05, 0.1) is 12.1 Å². The van der Waals surface area contributed by atoms with E-state index in [0.29, 0.717) is 11.5 Å². The molecule has 8 nitrogen and oxygen atoms in total. The van der Waals surface area contributed by atoms with Crippen LogP contribution >= 0.6 is 0 Å². The van der Waals surface area contributed by atoms with Crippen molar-refractivity contribution in [1.29, 1.82) is 0 Å². The lowest BCUT2D eigenvalue weighted by atomic mass is 10.0. The predicted molar refractivity (Wildman–Crippen MR) is 104 cm³/mol. The van der Waals surface area contributed by atoms with Crippen molar-refractivity contribution in [3.8, 4) is 0 Å². The van der Waals surface area contributed by atoms with Gasteiger partial charge in [-0.25, -0.2) is 9.97 Å². The highest BCUT2D eigenvalue weighted by atomic mass is 16.5. The molecule has 1 aromatic carbocycles. The molecule has 1 amide bonds. The fraction of sp³-hybridized carbons (Fsp3) is 0.421. The number of rotatable bonds is 7. The van der Waals surface area contributed by atoms with Gasteiger partial charge in [0.15, 0.2) is 0 Å². The van der Waals surface area contributed by atoms with Gasteiger partial charge in [0.2, 0.25) is 5.95 Å². The van der Waals surface area contributed by atoms with Crippen molar-refractivity contribution in [2.24, 2.45) is 0 Å². The third-order valence-corrected chi connectivity index (χ3v) is 4.58. The van der Waals surface area contributed by atoms with Crippen molar-refractivity contribution in [2.75, 3.05) is 38.6 Å². The lowest BCUT2D eigenvalue weighted by Gasteiger charge is -2.38. The van der Waals surface area contributed by atoms with E-state index in [4.69, 9.17) is 4.74 Å². The number of hydrogen-bond acceptors (Lipinski definition) is 6. The molecule has 1 aliphatic heterocycles. The van der Waals surface area contributed by atoms with Gasteiger partial charge >= 0.3 is 0 Å². The lowest BCUT2D eigenvalue weighted by Crippen LogP contribution is -2.55. The highest BCUT2D eigenvalue weighted by Crippen LogP contribution is 2.14. The summed E-state index contributed by atoms with van der Waals surface area (Å²) >= 11 is 0. The summed E-state index contributed by atoms with van der Waals surface area (Å²) in [5, 5.41) is 6.33. The number of nitrogens with zero attached hydrogens (tertiary/aromatic N) is 3. The van der Waals surface area contributed by atoms with Crippen molar-refractivity contribution in [1.82, 2.24) is 20.2 Å². The minimum Gasteiger partial charge on any atom is -0.412 e. The van der Waals surface area contributed by atoms with Crippen LogP contribution in [0.1, 0.15) is 16.8 Å². The molecule has 0 aliphatic carbocycles. The maximum atomic E-state index is 12.4. The summed E-state index contributed by atoms with van der Waals surface area (Å²) in [4.78, 5) is 23.0. The van der Waals surface area contributed by atoms with Gasteiger partial charge in [0.1, 0.15) is 0 Å². The Balaban J connectivity index is 0.00000261. The van der Waals surface area contributed by atoms with Crippen LogP contribution in [0.4, 0.5) is 5.95 Å². The summed E-state index contributed by atoms with van der Waals surface area (Å²) in [5.41, 5.74) is 0.678. The summed E-state index contributed by atoms with van der Waals surface area (Å²) in [7, 11) is 1.70. The smallest absolute Gasteiger partial charge is 0.251 e. The van der Waals surface area contributed by atoms with Crippen molar-refractivity contribution >= 4 is 11.9 Å². The van der Waals surface area contributed by atoms with Gasteiger partial charge in [-0.2, -0.15) is 0 Å². The first-order chi connectivity index (χ1) is 12.8. The van der Waals surface area contributed by atoms with Crippen molar-refractivity contribution in [3.05, 3.63) is 54.4 Å². The molecule has 8 heteroatoms. The van der Waals surface area contributed by atoms with Crippen LogP contribution in [0.5, 0.6) is 0 Å². The second-order valence-electron chi connectivity index (χ2n) is 6.31. The van der Waals surface area contributed by atoms with Crippen LogP contribution in [0.2, 0.25) is 0 Å². The Morgan fingerprint density at radius 2 is 1.96 bits per heavy atom. The molecule has 0 saturated carbocycles. The van der Waals surface area contributed by atoms with Crippen LogP contribution in [0.25, 0.3) is 0 Å². The minimum atomic E-state index is -0.0472. The van der Waals surface area contributed by atoms with Crippen LogP contribution in [-0.4, -0.2) is 71.7 Å². The van der Waals surface area contributed by atoms with Crippen molar-refractivity contribution < 1.29 is 15.0 Å². The van der Waals surface area contributed by atoms with E-state index in [2.05, 4.69) is 25.5 Å². The number of amides is 1. The predicted octanol–water partition coefficient (Wildman–Crippen LogP) is 0.583. The SMILES string of the molecule is COC1CN(CCNc2ncccn2)CCC1NC(=O)c1ccccc1.O. The number of carbonyl (C=O) groups is 1. The molecule has 2 aromatic rings. The number of hydrogen-bond donors (Lipinski definition) is 2. The Labute approximate surface area is 159 Å². The topological polar surface area (TPSA) is 111 Å². The largest absolute Gasteiger partial charge is 0.412 e. The van der Waals surface area contributed by atoms with Crippen LogP contribution in [0, 0.1) is 0 Å². The molecule has 146 valence electrons. The zero-order valence-corrected chi connectivity index (χ0v) is 15.5. The standard InChI is InChI=1S/C19H25N5O2.H2O/c1-26-17-14-24(13-11-22-19-20-9-5-10-21-19)12-8-16(17)23-18(25)15-6-3-2-4-7-15;/h2-7,9-10,16-17H,8,11-14H2,1H3,(H,23,25)(H,20,21,22);1H2. The maximum Gasteiger partial charge on any atom is 0.251 e. The summed E-state index contributed by atoms with van der Waals surface area (Å²) in [6.45, 7) is 3.34. The van der Waals surface area contributed by atoms with E-state index in [0.717, 1.165) is 32.6 Å². The first kappa shape index (κ1) is 20.8. The lowest BCUT2D eigenvalue weighted by molar-refractivity contribution is 0.00765. The average Bonchev–Trinajstić information content (AvgIpc) is 2.70. The Bertz CT molecular complexity index is 686. The first-order valence-electron chi connectivity index (χ1n) is 8.88. The van der Waals surface area contributed by atoms with Crippen molar-refractivity contribution in [3.63, 3.8) is 0 Å². The molecule has 1 saturated heterocycles. The van der Waals surface area contributed by atoms with Crippen LogP contribution in [0.3, 0.4) is 0 Å². The second kappa shape index (κ2) is 10.6. The number of aromatic nitrogens is 2. The summed E-state index contributed by atoms with van der Waals surface area (Å²) in [6.07, 6.45) is 4.28. The highest BCUT2D eigenvalue weighted by molar-refractivity contribution is 5.94. The van der Waals surface area contributed by atoms with Gasteiger partial charge < -0.3 is 20.8 Å². The van der Waals surface area contributed by atoms with E-state index in [9.17, 15) is 4.79 Å². The number of nitrogens with one attached hydrogen (secondary N) is 2. The fourth-order valence-electron chi connectivity index (χ4n) is 3.15. The van der Waals surface area contributed by atoms with Gasteiger partial charge in [0.25, 0.3) is 5.91 Å². The zero-order chi connectivity index (χ0) is 18.2. The molecular weight excluding hydrogens is 346 g/mol. The molecule has 0 radical (unpaired) electrons. The Morgan fingerprint density at radius 3 is 2.67 bits per heavy atom. The van der Waals surface area contributed by atoms with Gasteiger partial charge in [0, 0.05) is 51.2 Å². The zero-order valence-electron chi connectivity index (χ0n) is 15.5. The van der Waals surface area contributed by atoms with E-state index in [1.165, 1.54) is 0 Å². The van der Waals surface area contributed by atoms with Crippen LogP contribution in [0.15, 0.2) is 48.8 Å². The molecular formula is C19H27N5O3. The van der Waals surface area contributed by atoms with E-state index < -0.39 is 0 Å². The normalized spacial score (nSPS) is 19.7. The number of anilines is 1. The number of methoxy groups -OCH3 is 1. The van der Waals surface area contributed by atoms with Gasteiger partial charge in [-0.15, -0.1) is 0 Å². The molecule has 2 unspecified atom stereocenters. The van der Waals surface area contributed by atoms with Gasteiger partial charge in [-0.1, -0.05) is 18.2 Å². The summed E-state index contributed by atoms with van der Waals surface area (Å²) < 4.78 is 5.63. The molecule has 1 aliphatic rings. The fourth-order valence-corrected chi connectivity index (χ4v) is 3.15. The molecule has 2 heterocycles. The maximum absolute atomic E-state index is 12.4. The summed E-state index contributed by atoms with van der Waals surface area (Å²) in [5.74, 6) is 0.592. The second-order valence-corrected chi connectivity index (χ2v) is 6.31. The molecule has 27 heavy (non-hydrogen) atoms. The van der Waals surface area contributed by atoms with Gasteiger partial charge in [-0.3, -0.25) is 9.69 Å². The van der Waals surface area contributed by atoms with Gasteiger partial charge in [-0.05, 0) is 24.6 Å².